The van der Waals surface area contributed by atoms with Gasteiger partial charge in [0.05, 0.1) is 16.8 Å². The number of fused-ring (bicyclic) bond motifs is 1. The van der Waals surface area contributed by atoms with E-state index in [1.165, 1.54) is 4.90 Å². The minimum absolute atomic E-state index is 0.329. The van der Waals surface area contributed by atoms with Crippen LogP contribution in [0.25, 0.3) is 0 Å². The van der Waals surface area contributed by atoms with Crippen LogP contribution in [-0.2, 0) is 0 Å². The second kappa shape index (κ2) is 5.79. The van der Waals surface area contributed by atoms with Gasteiger partial charge in [-0.25, -0.2) is 4.90 Å². The van der Waals surface area contributed by atoms with Crippen LogP contribution >= 0.6 is 0 Å². The highest BCUT2D eigenvalue weighted by molar-refractivity contribution is 6.34. The van der Waals surface area contributed by atoms with Gasteiger partial charge >= 0.3 is 0 Å². The summed E-state index contributed by atoms with van der Waals surface area (Å²) in [5.74, 6) is 0.350. The van der Waals surface area contributed by atoms with Gasteiger partial charge < -0.3 is 10.5 Å². The molecule has 0 bridgehead atoms. The van der Waals surface area contributed by atoms with E-state index in [1.807, 2.05) is 6.07 Å². The van der Waals surface area contributed by atoms with Gasteiger partial charge in [0.25, 0.3) is 11.8 Å². The Hall–Kier alpha value is -3.60. The molecule has 0 saturated heterocycles. The third-order valence-corrected chi connectivity index (χ3v) is 3.97. The van der Waals surface area contributed by atoms with Crippen LogP contribution in [0.1, 0.15) is 20.7 Å². The van der Waals surface area contributed by atoms with Gasteiger partial charge in [-0.15, -0.1) is 0 Å². The van der Waals surface area contributed by atoms with Crippen molar-refractivity contribution in [3.63, 3.8) is 0 Å². The first-order chi connectivity index (χ1) is 12.1. The number of anilines is 2. The number of hydrogen-bond donors (Lipinski definition) is 1. The number of benzene rings is 3. The zero-order valence-corrected chi connectivity index (χ0v) is 13.2. The van der Waals surface area contributed by atoms with Crippen molar-refractivity contribution in [2.45, 2.75) is 0 Å². The van der Waals surface area contributed by atoms with Gasteiger partial charge in [0, 0.05) is 11.8 Å². The topological polar surface area (TPSA) is 72.6 Å². The molecule has 1 aliphatic heterocycles. The fourth-order valence-corrected chi connectivity index (χ4v) is 2.81. The summed E-state index contributed by atoms with van der Waals surface area (Å²) < 4.78 is 5.75. The van der Waals surface area contributed by atoms with E-state index in [1.54, 1.807) is 66.7 Å². The molecule has 0 aliphatic carbocycles. The number of para-hydroxylation sites is 1. The van der Waals surface area contributed by atoms with Gasteiger partial charge in [-0.1, -0.05) is 24.3 Å². The van der Waals surface area contributed by atoms with Gasteiger partial charge in [0.2, 0.25) is 0 Å². The highest BCUT2D eigenvalue weighted by Gasteiger charge is 2.36. The molecule has 0 saturated carbocycles. The second-order valence-corrected chi connectivity index (χ2v) is 5.66. The van der Waals surface area contributed by atoms with Crippen molar-refractivity contribution in [3.8, 4) is 11.5 Å². The van der Waals surface area contributed by atoms with E-state index in [-0.39, 0.29) is 11.8 Å². The Kier molecular flexibility index (Phi) is 3.47. The first-order valence-electron chi connectivity index (χ1n) is 7.75. The van der Waals surface area contributed by atoms with E-state index in [2.05, 4.69) is 0 Å². The zero-order chi connectivity index (χ0) is 17.4. The van der Waals surface area contributed by atoms with Crippen LogP contribution in [0.3, 0.4) is 0 Å². The molecular weight excluding hydrogens is 316 g/mol. The maximum absolute atomic E-state index is 12.7. The molecule has 25 heavy (non-hydrogen) atoms. The second-order valence-electron chi connectivity index (χ2n) is 5.66. The Morgan fingerprint density at radius 1 is 0.720 bits per heavy atom. The third kappa shape index (κ3) is 2.61. The summed E-state index contributed by atoms with van der Waals surface area (Å²) in [5, 5.41) is 0. The van der Waals surface area contributed by atoms with Crippen molar-refractivity contribution in [2.24, 2.45) is 0 Å². The lowest BCUT2D eigenvalue weighted by Crippen LogP contribution is -2.29. The number of ether oxygens (including phenoxy) is 1. The van der Waals surface area contributed by atoms with Crippen LogP contribution in [0.4, 0.5) is 11.4 Å². The summed E-state index contributed by atoms with van der Waals surface area (Å²) in [4.78, 5) is 26.4. The van der Waals surface area contributed by atoms with Gasteiger partial charge in [-0.3, -0.25) is 9.59 Å². The van der Waals surface area contributed by atoms with Gasteiger partial charge in [-0.2, -0.15) is 0 Å². The largest absolute Gasteiger partial charge is 0.457 e. The highest BCUT2D eigenvalue weighted by Crippen LogP contribution is 2.32. The molecule has 3 aromatic carbocycles. The molecule has 2 N–H and O–H groups in total. The van der Waals surface area contributed by atoms with Gasteiger partial charge in [0.1, 0.15) is 11.5 Å². The lowest BCUT2D eigenvalue weighted by atomic mass is 10.1. The van der Waals surface area contributed by atoms with E-state index >= 15 is 0 Å². The van der Waals surface area contributed by atoms with Gasteiger partial charge in [-0.05, 0) is 42.5 Å². The first-order valence-corrected chi connectivity index (χ1v) is 7.75. The number of nitrogen functional groups attached to an aromatic ring is 1. The molecule has 0 aromatic heterocycles. The smallest absolute Gasteiger partial charge is 0.266 e. The summed E-state index contributed by atoms with van der Waals surface area (Å²) in [6.07, 6.45) is 0. The minimum Gasteiger partial charge on any atom is -0.457 e. The lowest BCUT2D eigenvalue weighted by molar-refractivity contribution is 0.0926. The predicted octanol–water partition coefficient (Wildman–Crippen LogP) is 3.86. The highest BCUT2D eigenvalue weighted by atomic mass is 16.5. The Bertz CT molecular complexity index is 983. The number of nitrogens with two attached hydrogens (primary N) is 1. The van der Waals surface area contributed by atoms with Crippen molar-refractivity contribution in [2.75, 3.05) is 10.6 Å². The van der Waals surface area contributed by atoms with E-state index in [4.69, 9.17) is 10.5 Å². The molecule has 122 valence electrons. The summed E-state index contributed by atoms with van der Waals surface area (Å²) in [6, 6.07) is 20.7. The number of nitrogens with zero attached hydrogens (tertiary/aromatic N) is 1. The summed E-state index contributed by atoms with van der Waals surface area (Å²) >= 11 is 0. The molecule has 3 aromatic rings. The van der Waals surface area contributed by atoms with E-state index in [9.17, 15) is 9.59 Å². The number of rotatable bonds is 3. The lowest BCUT2D eigenvalue weighted by Gasteiger charge is -2.13. The van der Waals surface area contributed by atoms with Crippen molar-refractivity contribution in [3.05, 3.63) is 83.9 Å². The Labute approximate surface area is 144 Å². The standard InChI is InChI=1S/C20H14N2O3/c21-13-5-4-8-15(11-13)25-16-9-10-17-18(12-16)20(24)22(19(17)23)14-6-2-1-3-7-14/h1-12H,21H2. The average Bonchev–Trinajstić information content (AvgIpc) is 2.86. The SMILES string of the molecule is Nc1cccc(Oc2ccc3c(c2)C(=O)N(c2ccccc2)C3=O)c1. The molecule has 0 radical (unpaired) electrons. The van der Waals surface area contributed by atoms with Crippen LogP contribution in [0.2, 0.25) is 0 Å². The maximum atomic E-state index is 12.7. The minimum atomic E-state index is -0.357. The normalized spacial score (nSPS) is 13.0. The maximum Gasteiger partial charge on any atom is 0.266 e. The molecule has 0 spiro atoms. The fraction of sp³-hybridized carbons (Fsp3) is 0. The van der Waals surface area contributed by atoms with Crippen molar-refractivity contribution >= 4 is 23.2 Å². The molecule has 1 heterocycles. The molecule has 2 amide bonds. The monoisotopic (exact) mass is 330 g/mol. The fourth-order valence-electron chi connectivity index (χ4n) is 2.81. The predicted molar refractivity (Wildman–Crippen MR) is 95.0 cm³/mol. The molecular formula is C20H14N2O3. The van der Waals surface area contributed by atoms with Crippen LogP contribution in [-0.4, -0.2) is 11.8 Å². The number of hydrogen-bond acceptors (Lipinski definition) is 4. The summed E-state index contributed by atoms with van der Waals surface area (Å²) in [5.41, 5.74) is 7.57. The molecule has 0 unspecified atom stereocenters. The van der Waals surface area contributed by atoms with Crippen molar-refractivity contribution in [1.82, 2.24) is 0 Å². The van der Waals surface area contributed by atoms with E-state index in [0.29, 0.717) is 34.0 Å². The Balaban J connectivity index is 1.68. The van der Waals surface area contributed by atoms with Crippen LogP contribution in [0.15, 0.2) is 72.8 Å². The van der Waals surface area contributed by atoms with Crippen LogP contribution < -0.4 is 15.4 Å². The summed E-state index contributed by atoms with van der Waals surface area (Å²) in [7, 11) is 0. The number of amides is 2. The average molecular weight is 330 g/mol. The van der Waals surface area contributed by atoms with E-state index < -0.39 is 0 Å². The molecule has 0 atom stereocenters. The van der Waals surface area contributed by atoms with Crippen molar-refractivity contribution < 1.29 is 14.3 Å². The molecule has 1 aliphatic rings. The number of carbonyl (C=O) groups is 2. The molecule has 5 nitrogen and oxygen atoms in total. The quantitative estimate of drug-likeness (QED) is 0.584. The summed E-state index contributed by atoms with van der Waals surface area (Å²) in [6.45, 7) is 0. The number of carbonyl (C=O) groups excluding carboxylic acids is 2. The van der Waals surface area contributed by atoms with Crippen LogP contribution in [0.5, 0.6) is 11.5 Å². The molecule has 5 heteroatoms. The zero-order valence-electron chi connectivity index (χ0n) is 13.2. The number of imide groups is 1. The Morgan fingerprint density at radius 3 is 2.20 bits per heavy atom. The van der Waals surface area contributed by atoms with Crippen molar-refractivity contribution in [1.29, 1.82) is 0 Å². The van der Waals surface area contributed by atoms with Gasteiger partial charge in [0.15, 0.2) is 0 Å². The molecule has 4 rings (SSSR count). The first kappa shape index (κ1) is 15.0. The molecule has 0 fully saturated rings. The third-order valence-electron chi connectivity index (χ3n) is 3.97. The van der Waals surface area contributed by atoms with E-state index in [0.717, 1.165) is 0 Å². The van der Waals surface area contributed by atoms with Crippen LogP contribution in [0, 0.1) is 0 Å². The Morgan fingerprint density at radius 2 is 1.44 bits per heavy atom.